The van der Waals surface area contributed by atoms with E-state index in [1.165, 1.54) is 51.4 Å². The molecular formula is C25H55NO4P+. The van der Waals surface area contributed by atoms with E-state index >= 15 is 0 Å². The van der Waals surface area contributed by atoms with Gasteiger partial charge in [-0.1, -0.05) is 92.4 Å². The minimum atomic E-state index is -3.92. The molecule has 188 valence electrons. The molecule has 0 amide bonds. The molecule has 0 aromatic rings. The molecule has 0 aliphatic heterocycles. The quantitative estimate of drug-likeness (QED) is 0.152. The summed E-state index contributed by atoms with van der Waals surface area (Å²) >= 11 is 0. The Morgan fingerprint density at radius 3 is 1.48 bits per heavy atom. The summed E-state index contributed by atoms with van der Waals surface area (Å²) in [6.07, 6.45) is 12.6. The molecule has 0 heterocycles. The van der Waals surface area contributed by atoms with E-state index in [0.717, 1.165) is 30.6 Å². The molecule has 0 saturated heterocycles. The number of nitrogens with zero attached hydrogens (tertiary/aromatic N) is 1. The first-order valence-corrected chi connectivity index (χ1v) is 14.2. The van der Waals surface area contributed by atoms with Crippen molar-refractivity contribution in [3.05, 3.63) is 0 Å². The van der Waals surface area contributed by atoms with Gasteiger partial charge in [0.25, 0.3) is 0 Å². The molecule has 0 rings (SSSR count). The maximum absolute atomic E-state index is 11.9. The van der Waals surface area contributed by atoms with Gasteiger partial charge in [0.05, 0.1) is 27.7 Å². The van der Waals surface area contributed by atoms with Crippen LogP contribution in [0.1, 0.15) is 98.8 Å². The third-order valence-electron chi connectivity index (χ3n) is 6.15. The highest BCUT2D eigenvalue weighted by molar-refractivity contribution is 7.47. The second kappa shape index (κ2) is 16.6. The molecule has 0 aromatic carbocycles. The van der Waals surface area contributed by atoms with Crippen molar-refractivity contribution in [2.75, 3.05) is 40.9 Å². The summed E-state index contributed by atoms with van der Waals surface area (Å²) in [6.45, 7) is 12.8. The third kappa shape index (κ3) is 21.7. The summed E-state index contributed by atoms with van der Waals surface area (Å²) in [7, 11) is 2.14. The molecule has 0 saturated carbocycles. The van der Waals surface area contributed by atoms with E-state index in [0.29, 0.717) is 16.9 Å². The number of hydrogen-bond donors (Lipinski definition) is 1. The molecule has 0 radical (unpaired) electrons. The number of likely N-dealkylation sites (N-methyl/N-ethyl adjacent to an activating group) is 1. The maximum Gasteiger partial charge on any atom is 0.472 e. The fourth-order valence-corrected chi connectivity index (χ4v) is 4.50. The Morgan fingerprint density at radius 2 is 1.06 bits per heavy atom. The molecule has 4 unspecified atom stereocenters. The lowest BCUT2D eigenvalue weighted by Crippen LogP contribution is -2.37. The fourth-order valence-electron chi connectivity index (χ4n) is 3.77. The smallest absolute Gasteiger partial charge is 0.329 e. The zero-order valence-corrected chi connectivity index (χ0v) is 23.0. The fraction of sp³-hybridized carbons (Fsp3) is 1.00. The SMILES string of the molecule is CC(C)CCCC(C)CCCC(C)CCCC(C)CCOP(=O)(O)OCC[N+](C)(C)C. The molecule has 1 N–H and O–H groups in total. The predicted molar refractivity (Wildman–Crippen MR) is 133 cm³/mol. The lowest BCUT2D eigenvalue weighted by atomic mass is 9.91. The van der Waals surface area contributed by atoms with E-state index < -0.39 is 7.82 Å². The van der Waals surface area contributed by atoms with Gasteiger partial charge in [0, 0.05) is 0 Å². The topological polar surface area (TPSA) is 55.8 Å². The highest BCUT2D eigenvalue weighted by Gasteiger charge is 2.22. The molecule has 4 atom stereocenters. The van der Waals surface area contributed by atoms with Gasteiger partial charge in [-0.25, -0.2) is 4.57 Å². The van der Waals surface area contributed by atoms with Crippen LogP contribution in [-0.2, 0) is 13.6 Å². The summed E-state index contributed by atoms with van der Waals surface area (Å²) in [5.41, 5.74) is 0. The lowest BCUT2D eigenvalue weighted by molar-refractivity contribution is -0.870. The van der Waals surface area contributed by atoms with Crippen LogP contribution in [0.5, 0.6) is 0 Å². The molecule has 5 nitrogen and oxygen atoms in total. The molecule has 0 aliphatic carbocycles. The maximum atomic E-state index is 11.9. The Labute approximate surface area is 194 Å². The normalized spacial score (nSPS) is 17.5. The van der Waals surface area contributed by atoms with Gasteiger partial charge in [-0.3, -0.25) is 9.05 Å². The van der Waals surface area contributed by atoms with E-state index in [4.69, 9.17) is 9.05 Å². The first-order valence-electron chi connectivity index (χ1n) is 12.7. The van der Waals surface area contributed by atoms with Crippen LogP contribution in [0.3, 0.4) is 0 Å². The highest BCUT2D eigenvalue weighted by Crippen LogP contribution is 2.43. The van der Waals surface area contributed by atoms with Crippen molar-refractivity contribution in [2.45, 2.75) is 98.8 Å². The lowest BCUT2D eigenvalue weighted by Gasteiger charge is -2.24. The van der Waals surface area contributed by atoms with E-state index in [1.54, 1.807) is 0 Å². The summed E-state index contributed by atoms with van der Waals surface area (Å²) in [6, 6.07) is 0. The standard InChI is InChI=1S/C25H54NO4P/c1-22(2)12-9-13-23(3)14-10-15-24(4)16-11-17-25(5)18-20-29-31(27,28)30-21-19-26(6,7)8/h22-25H,9-21H2,1-8H3/p+1. The van der Waals surface area contributed by atoms with Crippen molar-refractivity contribution in [3.8, 4) is 0 Å². The van der Waals surface area contributed by atoms with Crippen molar-refractivity contribution in [1.29, 1.82) is 0 Å². The van der Waals surface area contributed by atoms with Crippen molar-refractivity contribution < 1.29 is 23.0 Å². The zero-order chi connectivity index (χ0) is 23.9. The van der Waals surface area contributed by atoms with Gasteiger partial charge in [-0.05, 0) is 30.1 Å². The van der Waals surface area contributed by atoms with Gasteiger partial charge in [-0.15, -0.1) is 0 Å². The van der Waals surface area contributed by atoms with Crippen molar-refractivity contribution >= 4 is 7.82 Å². The number of hydrogen-bond acceptors (Lipinski definition) is 3. The van der Waals surface area contributed by atoms with Crippen LogP contribution in [0.15, 0.2) is 0 Å². The van der Waals surface area contributed by atoms with Gasteiger partial charge in [0.2, 0.25) is 0 Å². The van der Waals surface area contributed by atoms with E-state index in [9.17, 15) is 9.46 Å². The van der Waals surface area contributed by atoms with Gasteiger partial charge in [0.1, 0.15) is 13.2 Å². The first-order chi connectivity index (χ1) is 14.3. The Balaban J connectivity index is 3.75. The highest BCUT2D eigenvalue weighted by atomic mass is 31.2. The second-order valence-corrected chi connectivity index (χ2v) is 12.9. The van der Waals surface area contributed by atoms with Crippen LogP contribution in [0, 0.1) is 23.7 Å². The van der Waals surface area contributed by atoms with Gasteiger partial charge < -0.3 is 9.38 Å². The van der Waals surface area contributed by atoms with Gasteiger partial charge in [-0.2, -0.15) is 0 Å². The molecule has 0 spiro atoms. The van der Waals surface area contributed by atoms with Crippen LogP contribution < -0.4 is 0 Å². The monoisotopic (exact) mass is 464 g/mol. The Kier molecular flexibility index (Phi) is 16.7. The minimum Gasteiger partial charge on any atom is -0.329 e. The minimum absolute atomic E-state index is 0.224. The molecule has 31 heavy (non-hydrogen) atoms. The molecule has 0 fully saturated rings. The van der Waals surface area contributed by atoms with Crippen molar-refractivity contribution in [2.24, 2.45) is 23.7 Å². The van der Waals surface area contributed by atoms with Crippen LogP contribution in [0.4, 0.5) is 0 Å². The average molecular weight is 465 g/mol. The number of rotatable bonds is 20. The molecule has 0 bridgehead atoms. The van der Waals surface area contributed by atoms with Gasteiger partial charge >= 0.3 is 7.82 Å². The number of phosphoric acid groups is 1. The Morgan fingerprint density at radius 1 is 0.677 bits per heavy atom. The third-order valence-corrected chi connectivity index (χ3v) is 7.17. The predicted octanol–water partition coefficient (Wildman–Crippen LogP) is 7.29. The van der Waals surface area contributed by atoms with Gasteiger partial charge in [0.15, 0.2) is 0 Å². The summed E-state index contributed by atoms with van der Waals surface area (Å²) in [5, 5.41) is 0. The largest absolute Gasteiger partial charge is 0.472 e. The first kappa shape index (κ1) is 31.1. The van der Waals surface area contributed by atoms with Crippen molar-refractivity contribution in [1.82, 2.24) is 0 Å². The summed E-state index contributed by atoms with van der Waals surface area (Å²) in [5.74, 6) is 2.99. The van der Waals surface area contributed by atoms with Crippen LogP contribution in [0.25, 0.3) is 0 Å². The van der Waals surface area contributed by atoms with E-state index in [2.05, 4.69) is 34.6 Å². The van der Waals surface area contributed by atoms with Crippen LogP contribution >= 0.6 is 7.82 Å². The Hall–Kier alpha value is 0.0700. The zero-order valence-electron chi connectivity index (χ0n) is 22.1. The summed E-state index contributed by atoms with van der Waals surface area (Å²) < 4.78 is 22.8. The summed E-state index contributed by atoms with van der Waals surface area (Å²) in [4.78, 5) is 9.77. The van der Waals surface area contributed by atoms with Crippen LogP contribution in [-0.4, -0.2) is 50.3 Å². The molecule has 0 aliphatic rings. The molecule has 0 aromatic heterocycles. The number of quaternary nitrogens is 1. The molecule has 6 heteroatoms. The van der Waals surface area contributed by atoms with Crippen LogP contribution in [0.2, 0.25) is 0 Å². The van der Waals surface area contributed by atoms with E-state index in [1.807, 2.05) is 21.1 Å². The van der Waals surface area contributed by atoms with E-state index in [-0.39, 0.29) is 13.2 Å². The molecular weight excluding hydrogens is 409 g/mol. The second-order valence-electron chi connectivity index (χ2n) is 11.4. The number of phosphoric ester groups is 1. The van der Waals surface area contributed by atoms with Crippen molar-refractivity contribution in [3.63, 3.8) is 0 Å². The average Bonchev–Trinajstić information content (AvgIpc) is 2.59. The Bertz CT molecular complexity index is 479.